The number of hydrogen-bond donors (Lipinski definition) is 2. The Labute approximate surface area is 154 Å². The van der Waals surface area contributed by atoms with E-state index in [1.54, 1.807) is 12.1 Å². The van der Waals surface area contributed by atoms with Gasteiger partial charge in [-0.25, -0.2) is 13.6 Å². The number of rotatable bonds is 8. The number of benzene rings is 2. The zero-order valence-electron chi connectivity index (χ0n) is 15.0. The molecule has 6 nitrogen and oxygen atoms in total. The van der Waals surface area contributed by atoms with Gasteiger partial charge < -0.3 is 10.1 Å². The third kappa shape index (κ3) is 5.57. The highest BCUT2D eigenvalue weighted by Gasteiger charge is 2.14. The maximum Gasteiger partial charge on any atom is 0.238 e. The fraction of sp³-hybridized carbons (Fsp3) is 0.316. The second kappa shape index (κ2) is 8.82. The van der Waals surface area contributed by atoms with Gasteiger partial charge in [0.2, 0.25) is 15.9 Å². The Morgan fingerprint density at radius 3 is 2.58 bits per heavy atom. The Bertz CT molecular complexity index is 879. The van der Waals surface area contributed by atoms with E-state index in [0.717, 1.165) is 11.3 Å². The number of nitrogens with one attached hydrogen (secondary N) is 1. The van der Waals surface area contributed by atoms with E-state index in [4.69, 9.17) is 9.88 Å². The molecule has 3 N–H and O–H groups in total. The summed E-state index contributed by atoms with van der Waals surface area (Å²) in [7, 11) is -3.83. The molecular weight excluding hydrogens is 352 g/mol. The van der Waals surface area contributed by atoms with E-state index in [-0.39, 0.29) is 17.2 Å². The summed E-state index contributed by atoms with van der Waals surface area (Å²) < 4.78 is 29.0. The highest BCUT2D eigenvalue weighted by atomic mass is 32.2. The van der Waals surface area contributed by atoms with Crippen LogP contribution in [-0.2, 0) is 21.2 Å². The van der Waals surface area contributed by atoms with Crippen LogP contribution in [0.5, 0.6) is 5.75 Å². The number of carbonyl (C=O) groups excluding carboxylic acids is 1. The Morgan fingerprint density at radius 2 is 1.92 bits per heavy atom. The number of anilines is 1. The lowest BCUT2D eigenvalue weighted by Gasteiger charge is -2.11. The average molecular weight is 376 g/mol. The van der Waals surface area contributed by atoms with Crippen molar-refractivity contribution in [1.82, 2.24) is 0 Å². The number of sulfonamides is 1. The van der Waals surface area contributed by atoms with Gasteiger partial charge in [-0.15, -0.1) is 0 Å². The Kier molecular flexibility index (Phi) is 6.76. The molecule has 0 spiro atoms. The van der Waals surface area contributed by atoms with Gasteiger partial charge in [-0.3, -0.25) is 4.79 Å². The van der Waals surface area contributed by atoms with E-state index < -0.39 is 10.0 Å². The first kappa shape index (κ1) is 19.9. The molecule has 26 heavy (non-hydrogen) atoms. The number of amides is 1. The fourth-order valence-electron chi connectivity index (χ4n) is 2.55. The molecule has 2 aromatic rings. The monoisotopic (exact) mass is 376 g/mol. The molecule has 1 amide bonds. The third-order valence-corrected chi connectivity index (χ3v) is 4.93. The van der Waals surface area contributed by atoms with Crippen LogP contribution in [0.4, 0.5) is 5.69 Å². The molecule has 0 fully saturated rings. The molecule has 0 aliphatic carbocycles. The van der Waals surface area contributed by atoms with Gasteiger partial charge in [0.15, 0.2) is 0 Å². The Balaban J connectivity index is 1.89. The molecule has 0 aliphatic rings. The number of nitrogens with two attached hydrogens (primary N) is 1. The topological polar surface area (TPSA) is 98.5 Å². The molecule has 140 valence electrons. The van der Waals surface area contributed by atoms with E-state index >= 15 is 0 Å². The minimum Gasteiger partial charge on any atom is -0.493 e. The molecule has 0 heterocycles. The summed E-state index contributed by atoms with van der Waals surface area (Å²) in [5, 5.41) is 7.94. The highest BCUT2D eigenvalue weighted by molar-refractivity contribution is 7.89. The van der Waals surface area contributed by atoms with Gasteiger partial charge in [-0.1, -0.05) is 31.2 Å². The Hall–Kier alpha value is -2.38. The molecule has 0 atom stereocenters. The standard InChI is InChI=1S/C19H24N2O4S/c1-3-15-10-11-16(13-18(15)26(20,23)24)21-19(22)9-6-12-25-17-8-5-4-7-14(17)2/h4-5,7-8,10-11,13H,3,6,9,12H2,1-2H3,(H,21,22)(H2,20,23,24). The Morgan fingerprint density at radius 1 is 1.19 bits per heavy atom. The number of hydrogen-bond acceptors (Lipinski definition) is 4. The molecule has 0 saturated heterocycles. The van der Waals surface area contributed by atoms with Crippen LogP contribution in [0.15, 0.2) is 47.4 Å². The van der Waals surface area contributed by atoms with Crippen molar-refractivity contribution in [2.45, 2.75) is 38.0 Å². The number of carbonyl (C=O) groups is 1. The van der Waals surface area contributed by atoms with Crippen molar-refractivity contribution in [1.29, 1.82) is 0 Å². The summed E-state index contributed by atoms with van der Waals surface area (Å²) in [6.45, 7) is 4.23. The summed E-state index contributed by atoms with van der Waals surface area (Å²) in [4.78, 5) is 12.1. The van der Waals surface area contributed by atoms with Crippen molar-refractivity contribution in [2.75, 3.05) is 11.9 Å². The molecule has 2 aromatic carbocycles. The van der Waals surface area contributed by atoms with Crippen LogP contribution in [0.1, 0.15) is 30.9 Å². The molecule has 0 unspecified atom stereocenters. The quantitative estimate of drug-likeness (QED) is 0.692. The summed E-state index contributed by atoms with van der Waals surface area (Å²) in [6, 6.07) is 12.4. The van der Waals surface area contributed by atoms with Crippen LogP contribution in [0.3, 0.4) is 0 Å². The predicted molar refractivity (Wildman–Crippen MR) is 102 cm³/mol. The maximum absolute atomic E-state index is 12.1. The van der Waals surface area contributed by atoms with Crippen molar-refractivity contribution in [3.8, 4) is 5.75 Å². The molecule has 0 bridgehead atoms. The predicted octanol–water partition coefficient (Wildman–Crippen LogP) is 3.00. The van der Waals surface area contributed by atoms with E-state index in [0.29, 0.717) is 30.7 Å². The summed E-state index contributed by atoms with van der Waals surface area (Å²) in [5.74, 6) is 0.601. The number of para-hydroxylation sites is 1. The van der Waals surface area contributed by atoms with Gasteiger partial charge >= 0.3 is 0 Å². The minimum absolute atomic E-state index is 0.0423. The van der Waals surface area contributed by atoms with Gasteiger partial charge in [0.25, 0.3) is 0 Å². The van der Waals surface area contributed by atoms with E-state index in [9.17, 15) is 13.2 Å². The summed E-state index contributed by atoms with van der Waals surface area (Å²) in [6.07, 6.45) is 1.36. The van der Waals surface area contributed by atoms with Crippen molar-refractivity contribution in [2.24, 2.45) is 5.14 Å². The third-order valence-electron chi connectivity index (χ3n) is 3.94. The van der Waals surface area contributed by atoms with E-state index in [1.807, 2.05) is 38.1 Å². The second-order valence-electron chi connectivity index (χ2n) is 5.99. The van der Waals surface area contributed by atoms with Crippen molar-refractivity contribution in [3.05, 3.63) is 53.6 Å². The highest BCUT2D eigenvalue weighted by Crippen LogP contribution is 2.21. The van der Waals surface area contributed by atoms with E-state index in [1.165, 1.54) is 6.07 Å². The van der Waals surface area contributed by atoms with E-state index in [2.05, 4.69) is 5.32 Å². The minimum atomic E-state index is -3.83. The normalized spacial score (nSPS) is 11.2. The smallest absolute Gasteiger partial charge is 0.238 e. The summed E-state index contributed by atoms with van der Waals surface area (Å²) >= 11 is 0. The van der Waals surface area contributed by atoms with Crippen LogP contribution in [0.2, 0.25) is 0 Å². The van der Waals surface area contributed by atoms with Gasteiger partial charge in [-0.05, 0) is 49.1 Å². The van der Waals surface area contributed by atoms with Crippen LogP contribution in [0.25, 0.3) is 0 Å². The first-order valence-electron chi connectivity index (χ1n) is 8.45. The van der Waals surface area contributed by atoms with Gasteiger partial charge in [-0.2, -0.15) is 0 Å². The zero-order chi connectivity index (χ0) is 19.2. The van der Waals surface area contributed by atoms with Crippen molar-refractivity contribution < 1.29 is 17.9 Å². The number of primary sulfonamides is 1. The fourth-order valence-corrected chi connectivity index (χ4v) is 3.42. The average Bonchev–Trinajstić information content (AvgIpc) is 2.59. The molecule has 0 saturated carbocycles. The van der Waals surface area contributed by atoms with Crippen LogP contribution >= 0.6 is 0 Å². The van der Waals surface area contributed by atoms with Crippen molar-refractivity contribution >= 4 is 21.6 Å². The molecule has 0 radical (unpaired) electrons. The lowest BCUT2D eigenvalue weighted by Crippen LogP contribution is -2.17. The molecule has 0 aliphatic heterocycles. The zero-order valence-corrected chi connectivity index (χ0v) is 15.8. The van der Waals surface area contributed by atoms with Crippen LogP contribution in [-0.4, -0.2) is 20.9 Å². The molecular formula is C19H24N2O4S. The summed E-state index contributed by atoms with van der Waals surface area (Å²) in [5.41, 5.74) is 2.08. The van der Waals surface area contributed by atoms with Crippen LogP contribution < -0.4 is 15.2 Å². The second-order valence-corrected chi connectivity index (χ2v) is 7.52. The largest absolute Gasteiger partial charge is 0.493 e. The number of ether oxygens (including phenoxy) is 1. The van der Waals surface area contributed by atoms with Crippen LogP contribution in [0, 0.1) is 6.92 Å². The lowest BCUT2D eigenvalue weighted by atomic mass is 10.1. The van der Waals surface area contributed by atoms with Gasteiger partial charge in [0.05, 0.1) is 11.5 Å². The number of aryl methyl sites for hydroxylation is 2. The first-order valence-corrected chi connectivity index (χ1v) is 10.00. The maximum atomic E-state index is 12.1. The van der Waals surface area contributed by atoms with Gasteiger partial charge in [0, 0.05) is 12.1 Å². The SMILES string of the molecule is CCc1ccc(NC(=O)CCCOc2ccccc2C)cc1S(N)(=O)=O. The van der Waals surface area contributed by atoms with Crippen molar-refractivity contribution in [3.63, 3.8) is 0 Å². The van der Waals surface area contributed by atoms with Gasteiger partial charge in [0.1, 0.15) is 5.75 Å². The first-order chi connectivity index (χ1) is 12.3. The molecule has 0 aromatic heterocycles. The molecule has 7 heteroatoms. The lowest BCUT2D eigenvalue weighted by molar-refractivity contribution is -0.116. The molecule has 2 rings (SSSR count).